The van der Waals surface area contributed by atoms with Crippen molar-refractivity contribution in [2.45, 2.75) is 89.2 Å². The number of amidine groups is 1. The first-order valence-electron chi connectivity index (χ1n) is 16.4. The molecule has 0 bridgehead atoms. The maximum Gasteiger partial charge on any atom is 0.345 e. The minimum atomic E-state index is -1.41. The zero-order valence-electron chi connectivity index (χ0n) is 28.3. The lowest BCUT2D eigenvalue weighted by molar-refractivity contribution is -0.132. The molecule has 2 aromatic rings. The van der Waals surface area contributed by atoms with Gasteiger partial charge in [0.25, 0.3) is 0 Å². The predicted molar refractivity (Wildman–Crippen MR) is 184 cm³/mol. The van der Waals surface area contributed by atoms with Crippen LogP contribution in [0.5, 0.6) is 5.75 Å². The summed E-state index contributed by atoms with van der Waals surface area (Å²) in [5.74, 6) is -0.0765. The topological polar surface area (TPSA) is 134 Å². The van der Waals surface area contributed by atoms with Crippen molar-refractivity contribution in [2.24, 2.45) is 28.3 Å². The normalized spacial score (nSPS) is 20.1. The molecule has 0 spiro atoms. The molecule has 2 saturated heterocycles. The number of aryl methyl sites for hydroxylation is 1. The van der Waals surface area contributed by atoms with Crippen LogP contribution in [-0.4, -0.2) is 76.6 Å². The summed E-state index contributed by atoms with van der Waals surface area (Å²) in [5.41, 5.74) is 12.1. The van der Waals surface area contributed by atoms with Crippen molar-refractivity contribution >= 4 is 29.8 Å². The molecular formula is C35H51F2N5O4S. The second-order valence-electron chi connectivity index (χ2n) is 13.2. The quantitative estimate of drug-likeness (QED) is 0.109. The molecule has 260 valence electrons. The van der Waals surface area contributed by atoms with Gasteiger partial charge in [-0.05, 0) is 69.2 Å². The summed E-state index contributed by atoms with van der Waals surface area (Å²) in [6.45, 7) is 11.1. The summed E-state index contributed by atoms with van der Waals surface area (Å²) in [5, 5.41) is 0. The highest BCUT2D eigenvalue weighted by atomic mass is 32.2. The van der Waals surface area contributed by atoms with Crippen molar-refractivity contribution in [1.82, 2.24) is 9.80 Å². The fraction of sp³-hybridized carbons (Fsp3) is 0.571. The molecule has 3 amide bonds. The van der Waals surface area contributed by atoms with Gasteiger partial charge in [-0.3, -0.25) is 4.79 Å². The molecule has 47 heavy (non-hydrogen) atoms. The van der Waals surface area contributed by atoms with E-state index in [-0.39, 0.29) is 30.8 Å². The number of hydrogen-bond acceptors (Lipinski definition) is 6. The van der Waals surface area contributed by atoms with Crippen LogP contribution in [0.25, 0.3) is 0 Å². The summed E-state index contributed by atoms with van der Waals surface area (Å²) in [7, 11) is 0. The van der Waals surface area contributed by atoms with E-state index in [2.05, 4.69) is 4.99 Å². The number of alkyl halides is 1. The Hall–Kier alpha value is -3.22. The highest BCUT2D eigenvalue weighted by Gasteiger charge is 2.39. The van der Waals surface area contributed by atoms with Gasteiger partial charge in [0.05, 0.1) is 19.2 Å². The number of nitrogens with zero attached hydrogens (tertiary/aromatic N) is 3. The zero-order chi connectivity index (χ0) is 34.7. The van der Waals surface area contributed by atoms with Crippen LogP contribution < -0.4 is 16.2 Å². The molecule has 0 aliphatic carbocycles. The number of aliphatic imine (C=N–C) groups is 1. The van der Waals surface area contributed by atoms with Crippen molar-refractivity contribution in [3.05, 3.63) is 59.4 Å². The number of halogens is 2. The number of rotatable bonds is 10. The molecule has 4 rings (SSSR count). The Morgan fingerprint density at radius 2 is 1.77 bits per heavy atom. The van der Waals surface area contributed by atoms with Crippen LogP contribution in [-0.2, 0) is 4.79 Å². The predicted octanol–water partition coefficient (Wildman–Crippen LogP) is 6.78. The smallest absolute Gasteiger partial charge is 0.345 e. The minimum absolute atomic E-state index is 0.0146. The van der Waals surface area contributed by atoms with E-state index in [1.165, 1.54) is 23.5 Å². The van der Waals surface area contributed by atoms with E-state index < -0.39 is 23.4 Å². The third kappa shape index (κ3) is 11.8. The molecule has 2 aromatic carbocycles. The van der Waals surface area contributed by atoms with Gasteiger partial charge < -0.3 is 30.6 Å². The monoisotopic (exact) mass is 675 g/mol. The average Bonchev–Trinajstić information content (AvgIpc) is 3.42. The van der Waals surface area contributed by atoms with Crippen LogP contribution in [0, 0.1) is 24.6 Å². The molecule has 0 aromatic heterocycles. The van der Waals surface area contributed by atoms with Gasteiger partial charge in [0.1, 0.15) is 23.1 Å². The first-order chi connectivity index (χ1) is 22.2. The number of piperidine rings is 1. The Labute approximate surface area is 282 Å². The van der Waals surface area contributed by atoms with Crippen molar-refractivity contribution in [1.29, 1.82) is 0 Å². The third-order valence-electron chi connectivity index (χ3n) is 8.87. The molecule has 2 aliphatic rings. The summed E-state index contributed by atoms with van der Waals surface area (Å²) in [6.07, 6.45) is 3.88. The van der Waals surface area contributed by atoms with Gasteiger partial charge in [0.2, 0.25) is 5.91 Å². The molecule has 0 saturated carbocycles. The lowest BCUT2D eigenvalue weighted by atomic mass is 9.92. The first-order valence-corrected chi connectivity index (χ1v) is 17.1. The molecular weight excluding hydrogens is 624 g/mol. The van der Waals surface area contributed by atoms with Gasteiger partial charge in [-0.2, -0.15) is 4.99 Å². The van der Waals surface area contributed by atoms with E-state index in [9.17, 15) is 18.4 Å². The molecule has 2 fully saturated rings. The Bertz CT molecular complexity index is 1350. The Balaban J connectivity index is 0.000000573. The molecule has 9 nitrogen and oxygen atoms in total. The number of likely N-dealkylation sites (tertiary alicyclic amines) is 2. The Morgan fingerprint density at radius 1 is 1.11 bits per heavy atom. The molecule has 2 unspecified atom stereocenters. The highest BCUT2D eigenvalue weighted by Crippen LogP contribution is 2.30. The minimum Gasteiger partial charge on any atom is -0.493 e. The van der Waals surface area contributed by atoms with E-state index in [1.54, 1.807) is 24.0 Å². The van der Waals surface area contributed by atoms with Crippen LogP contribution >= 0.6 is 12.0 Å². The summed E-state index contributed by atoms with van der Waals surface area (Å²) < 4.78 is 43.3. The van der Waals surface area contributed by atoms with E-state index >= 15 is 0 Å². The third-order valence-corrected chi connectivity index (χ3v) is 9.36. The number of carbonyl (C=O) groups excluding carboxylic acids is 2. The van der Waals surface area contributed by atoms with Crippen molar-refractivity contribution in [2.75, 3.05) is 32.8 Å². The second kappa shape index (κ2) is 17.8. The van der Waals surface area contributed by atoms with E-state index in [0.717, 1.165) is 42.6 Å². The van der Waals surface area contributed by atoms with E-state index in [4.69, 9.17) is 20.8 Å². The van der Waals surface area contributed by atoms with Crippen molar-refractivity contribution in [3.63, 3.8) is 0 Å². The number of benzene rings is 2. The Kier molecular flexibility index (Phi) is 14.5. The van der Waals surface area contributed by atoms with Gasteiger partial charge >= 0.3 is 6.03 Å². The number of hydrogen-bond donors (Lipinski definition) is 3. The van der Waals surface area contributed by atoms with Gasteiger partial charge in [0, 0.05) is 60.9 Å². The van der Waals surface area contributed by atoms with E-state index in [0.29, 0.717) is 49.3 Å². The summed E-state index contributed by atoms with van der Waals surface area (Å²) in [4.78, 5) is 33.0. The molecule has 0 radical (unpaired) electrons. The summed E-state index contributed by atoms with van der Waals surface area (Å²) >= 11 is 0.777. The number of ether oxygens (including phenoxy) is 1. The maximum atomic E-state index is 14.9. The molecule has 5 N–H and O–H groups in total. The molecule has 3 atom stereocenters. The highest BCUT2D eigenvalue weighted by molar-refractivity contribution is 7.93. The van der Waals surface area contributed by atoms with Gasteiger partial charge in [0.15, 0.2) is 0 Å². The number of amides is 3. The van der Waals surface area contributed by atoms with Crippen molar-refractivity contribution < 1.29 is 27.7 Å². The first kappa shape index (κ1) is 38.2. The van der Waals surface area contributed by atoms with Gasteiger partial charge in [-0.1, -0.05) is 44.5 Å². The van der Waals surface area contributed by atoms with Crippen LogP contribution in [0.15, 0.2) is 52.4 Å². The fourth-order valence-corrected chi connectivity index (χ4v) is 5.84. The van der Waals surface area contributed by atoms with Crippen LogP contribution in [0.3, 0.4) is 0 Å². The largest absolute Gasteiger partial charge is 0.493 e. The summed E-state index contributed by atoms with van der Waals surface area (Å²) in [6, 6.07) is 11.1. The fourth-order valence-electron chi connectivity index (χ4n) is 5.58. The SMILES string of the molecule is CC(C)/C(N)=N/C(=O)N1CCC(CCCOc2ccc([C@H](C)C(N)C(=O)N3CCC(C)(F)C3)c(F)c2)CC1.Cc1ccc(SO)cc1. The number of nitrogens with two attached hydrogens (primary N) is 2. The molecule has 2 heterocycles. The Morgan fingerprint density at radius 3 is 2.32 bits per heavy atom. The van der Waals surface area contributed by atoms with Crippen LogP contribution in [0.4, 0.5) is 13.6 Å². The van der Waals surface area contributed by atoms with E-state index in [1.807, 2.05) is 45.0 Å². The number of urea groups is 1. The van der Waals surface area contributed by atoms with Crippen LogP contribution in [0.2, 0.25) is 0 Å². The lowest BCUT2D eigenvalue weighted by Gasteiger charge is -2.30. The standard InChI is InChI=1S/C28H43F2N5O3.C7H8OS/c1-18(2)25(32)33-27(37)34-12-9-20(10-13-34)6-5-15-38-21-7-8-22(23(29)16-21)19(3)24(31)26(36)35-14-11-28(4,30)17-35;1-6-2-4-7(9-8)5-3-6/h7-8,16,18-20,24H,5-6,9-15,17,31H2,1-4H3,(H2,32,33,37);2-5,8H,1H3/t19-,24?,28?;/m0./s1. The van der Waals surface area contributed by atoms with Gasteiger partial charge in [-0.15, -0.1) is 0 Å². The number of carbonyl (C=O) groups is 2. The van der Waals surface area contributed by atoms with Crippen molar-refractivity contribution in [3.8, 4) is 5.75 Å². The maximum absolute atomic E-state index is 14.9. The molecule has 2 aliphatic heterocycles. The zero-order valence-corrected chi connectivity index (χ0v) is 29.1. The second-order valence-corrected chi connectivity index (χ2v) is 13.9. The average molecular weight is 676 g/mol. The lowest BCUT2D eigenvalue weighted by Crippen LogP contribution is -2.46. The molecule has 12 heteroatoms. The van der Waals surface area contributed by atoms with Crippen LogP contribution in [0.1, 0.15) is 76.8 Å². The van der Waals surface area contributed by atoms with Gasteiger partial charge in [-0.25, -0.2) is 13.6 Å².